The lowest BCUT2D eigenvalue weighted by Crippen LogP contribution is -2.24. The second kappa shape index (κ2) is 7.73. The third-order valence-electron chi connectivity index (χ3n) is 2.98. The molecule has 0 aliphatic heterocycles. The van der Waals surface area contributed by atoms with Gasteiger partial charge in [0, 0.05) is 23.8 Å². The van der Waals surface area contributed by atoms with E-state index >= 15 is 0 Å². The summed E-state index contributed by atoms with van der Waals surface area (Å²) in [5.74, 6) is -3.22. The van der Waals surface area contributed by atoms with Gasteiger partial charge in [-0.05, 0) is 36.8 Å². The molecule has 0 aliphatic carbocycles. The average Bonchev–Trinajstić information content (AvgIpc) is 3.05. The van der Waals surface area contributed by atoms with Crippen molar-refractivity contribution in [2.24, 2.45) is 0 Å². The number of anilines is 2. The van der Waals surface area contributed by atoms with Crippen molar-refractivity contribution in [1.29, 1.82) is 0 Å². The first kappa shape index (κ1) is 17.7. The van der Waals surface area contributed by atoms with Crippen LogP contribution in [-0.2, 0) is 9.59 Å². The van der Waals surface area contributed by atoms with Crippen molar-refractivity contribution in [1.82, 2.24) is 0 Å². The fourth-order valence-electron chi connectivity index (χ4n) is 1.82. The van der Waals surface area contributed by atoms with Crippen molar-refractivity contribution in [2.75, 3.05) is 10.6 Å². The van der Waals surface area contributed by atoms with Crippen molar-refractivity contribution in [3.05, 3.63) is 52.3 Å². The van der Waals surface area contributed by atoms with E-state index in [-0.39, 0.29) is 18.6 Å². The van der Waals surface area contributed by atoms with E-state index in [2.05, 4.69) is 10.6 Å². The Labute approximate surface area is 140 Å². The van der Waals surface area contributed by atoms with Crippen LogP contribution in [0.3, 0.4) is 0 Å². The van der Waals surface area contributed by atoms with Crippen LogP contribution >= 0.6 is 0 Å². The predicted molar refractivity (Wildman–Crippen MR) is 82.6 cm³/mol. The van der Waals surface area contributed by atoms with E-state index < -0.39 is 28.6 Å². The molecule has 0 saturated carbocycles. The molecule has 10 nitrogen and oxygen atoms in total. The van der Waals surface area contributed by atoms with Gasteiger partial charge >= 0.3 is 5.88 Å². The van der Waals surface area contributed by atoms with Gasteiger partial charge in [0.1, 0.15) is 4.92 Å². The molecule has 0 saturated heterocycles. The number of nitrogens with one attached hydrogen (secondary N) is 2. The highest BCUT2D eigenvalue weighted by molar-refractivity contribution is 6.02. The van der Waals surface area contributed by atoms with Crippen LogP contribution in [0, 0.1) is 10.1 Å². The summed E-state index contributed by atoms with van der Waals surface area (Å²) in [6.07, 6.45) is -0.590. The Morgan fingerprint density at radius 1 is 0.960 bits per heavy atom. The predicted octanol–water partition coefficient (Wildman–Crippen LogP) is 0.909. The van der Waals surface area contributed by atoms with Crippen molar-refractivity contribution in [3.63, 3.8) is 0 Å². The van der Waals surface area contributed by atoms with Gasteiger partial charge < -0.3 is 25.0 Å². The Morgan fingerprint density at radius 2 is 1.56 bits per heavy atom. The number of benzene rings is 1. The van der Waals surface area contributed by atoms with E-state index in [0.29, 0.717) is 11.4 Å². The van der Waals surface area contributed by atoms with Crippen LogP contribution in [0.5, 0.6) is 0 Å². The summed E-state index contributed by atoms with van der Waals surface area (Å²) >= 11 is 0. The molecule has 0 unspecified atom stereocenters. The lowest BCUT2D eigenvalue weighted by atomic mass is 10.2. The van der Waals surface area contributed by atoms with E-state index in [1.807, 2.05) is 0 Å². The van der Waals surface area contributed by atoms with Crippen molar-refractivity contribution < 1.29 is 28.8 Å². The number of rotatable bonds is 7. The average molecular weight is 346 g/mol. The molecule has 10 heteroatoms. The topological polar surface area (TPSA) is 155 Å². The van der Waals surface area contributed by atoms with Gasteiger partial charge in [-0.1, -0.05) is 0 Å². The SMILES string of the molecule is O=C([O-])CCC(=O)Nc1ccc(NC(=O)c2ccc([N+](=O)[O-])o2)cc1. The number of carbonyl (C=O) groups excluding carboxylic acids is 3. The van der Waals surface area contributed by atoms with E-state index in [4.69, 9.17) is 4.42 Å². The first-order valence-electron chi connectivity index (χ1n) is 7.00. The maximum absolute atomic E-state index is 11.9. The Hall–Kier alpha value is -3.69. The van der Waals surface area contributed by atoms with Crippen LogP contribution in [0.25, 0.3) is 0 Å². The quantitative estimate of drug-likeness (QED) is 0.557. The maximum atomic E-state index is 11.9. The summed E-state index contributed by atoms with van der Waals surface area (Å²) in [6.45, 7) is 0. The van der Waals surface area contributed by atoms with Gasteiger partial charge in [-0.25, -0.2) is 0 Å². The molecule has 2 N–H and O–H groups in total. The van der Waals surface area contributed by atoms with Crippen LogP contribution in [0.15, 0.2) is 40.8 Å². The standard InChI is InChI=1S/C15H13N3O7/c19-12(6-8-14(20)21)16-9-1-3-10(4-2-9)17-15(22)11-5-7-13(25-11)18(23)24/h1-5,7H,6,8H2,(H,16,19)(H,17,22)(H,20,21)/p-1. The van der Waals surface area contributed by atoms with E-state index in [1.54, 1.807) is 0 Å². The van der Waals surface area contributed by atoms with Crippen molar-refractivity contribution in [2.45, 2.75) is 12.8 Å². The number of amides is 2. The van der Waals surface area contributed by atoms with Gasteiger partial charge in [0.25, 0.3) is 5.91 Å². The van der Waals surface area contributed by atoms with Gasteiger partial charge in [-0.3, -0.25) is 19.7 Å². The van der Waals surface area contributed by atoms with E-state index in [0.717, 1.165) is 6.07 Å². The number of nitrogens with zero attached hydrogens (tertiary/aromatic N) is 1. The molecule has 0 fully saturated rings. The molecule has 2 rings (SSSR count). The molecule has 0 atom stereocenters. The molecule has 0 radical (unpaired) electrons. The molecule has 25 heavy (non-hydrogen) atoms. The minimum absolute atomic E-state index is 0.210. The molecule has 2 aromatic rings. The normalized spacial score (nSPS) is 10.1. The van der Waals surface area contributed by atoms with E-state index in [9.17, 15) is 29.6 Å². The van der Waals surface area contributed by atoms with Gasteiger partial charge in [0.15, 0.2) is 5.76 Å². The lowest BCUT2D eigenvalue weighted by molar-refractivity contribution is -0.402. The summed E-state index contributed by atoms with van der Waals surface area (Å²) in [4.78, 5) is 43.4. The van der Waals surface area contributed by atoms with Crippen LogP contribution < -0.4 is 15.7 Å². The molecule has 1 aromatic heterocycles. The zero-order valence-corrected chi connectivity index (χ0v) is 12.7. The second-order valence-corrected chi connectivity index (χ2v) is 4.85. The molecule has 0 bridgehead atoms. The number of nitro groups is 1. The van der Waals surface area contributed by atoms with Gasteiger partial charge in [0.2, 0.25) is 5.91 Å². The molecule has 1 aromatic carbocycles. The van der Waals surface area contributed by atoms with Crippen LogP contribution in [0.1, 0.15) is 23.4 Å². The molecule has 1 heterocycles. The summed E-state index contributed by atoms with van der Waals surface area (Å²) in [5.41, 5.74) is 0.784. The first-order chi connectivity index (χ1) is 11.8. The molecule has 0 aliphatic rings. The molecule has 130 valence electrons. The second-order valence-electron chi connectivity index (χ2n) is 4.85. The first-order valence-corrected chi connectivity index (χ1v) is 7.00. The number of aliphatic carboxylic acids is 1. The third-order valence-corrected chi connectivity index (χ3v) is 2.98. The zero-order valence-electron chi connectivity index (χ0n) is 12.7. The minimum Gasteiger partial charge on any atom is -0.550 e. The van der Waals surface area contributed by atoms with Crippen LogP contribution in [0.4, 0.5) is 17.3 Å². The fourth-order valence-corrected chi connectivity index (χ4v) is 1.82. The summed E-state index contributed by atoms with van der Waals surface area (Å²) in [5, 5.41) is 25.8. The number of carbonyl (C=O) groups is 3. The number of furan rings is 1. The molecule has 2 amide bonds. The maximum Gasteiger partial charge on any atom is 0.433 e. The van der Waals surface area contributed by atoms with Gasteiger partial charge in [-0.15, -0.1) is 0 Å². The summed E-state index contributed by atoms with van der Waals surface area (Å²) in [7, 11) is 0. The number of carboxylic acids is 1. The van der Waals surface area contributed by atoms with Crippen molar-refractivity contribution in [3.8, 4) is 0 Å². The monoisotopic (exact) mass is 346 g/mol. The Morgan fingerprint density at radius 3 is 2.08 bits per heavy atom. The summed E-state index contributed by atoms with van der Waals surface area (Å²) < 4.78 is 4.78. The van der Waals surface area contributed by atoms with Crippen LogP contribution in [-0.4, -0.2) is 22.7 Å². The van der Waals surface area contributed by atoms with E-state index in [1.165, 1.54) is 30.3 Å². The third kappa shape index (κ3) is 5.16. The van der Waals surface area contributed by atoms with Gasteiger partial charge in [-0.2, -0.15) is 0 Å². The fraction of sp³-hybridized carbons (Fsp3) is 0.133. The Kier molecular flexibility index (Phi) is 5.46. The molecule has 0 spiro atoms. The van der Waals surface area contributed by atoms with Gasteiger partial charge in [0.05, 0.1) is 6.07 Å². The highest BCUT2D eigenvalue weighted by atomic mass is 16.6. The largest absolute Gasteiger partial charge is 0.550 e. The number of hydrogen-bond acceptors (Lipinski definition) is 7. The highest BCUT2D eigenvalue weighted by Crippen LogP contribution is 2.18. The molecular weight excluding hydrogens is 334 g/mol. The highest BCUT2D eigenvalue weighted by Gasteiger charge is 2.17. The Balaban J connectivity index is 1.93. The van der Waals surface area contributed by atoms with Crippen LogP contribution in [0.2, 0.25) is 0 Å². The smallest absolute Gasteiger partial charge is 0.433 e. The minimum atomic E-state index is -1.31. The lowest BCUT2D eigenvalue weighted by Gasteiger charge is -2.07. The Bertz CT molecular complexity index is 811. The molecular formula is C15H12N3O7-. The number of hydrogen-bond donors (Lipinski definition) is 2. The number of carboxylic acid groups (broad SMARTS) is 1. The zero-order chi connectivity index (χ0) is 18.4. The van der Waals surface area contributed by atoms with Crippen molar-refractivity contribution >= 4 is 35.0 Å². The summed E-state index contributed by atoms with van der Waals surface area (Å²) in [6, 6.07) is 8.22.